The molecule has 3 heteroatoms. The minimum atomic E-state index is -0.0297. The maximum atomic E-state index is 8.94. The summed E-state index contributed by atoms with van der Waals surface area (Å²) in [4.78, 5) is 0. The Morgan fingerprint density at radius 2 is 1.47 bits per heavy atom. The smallest absolute Gasteiger partial charge is 0.371 e. The molecule has 0 saturated heterocycles. The number of hydrogen-bond acceptors (Lipinski definition) is 3. The van der Waals surface area contributed by atoms with E-state index in [1.807, 2.05) is 0 Å². The number of unbranched alkanes of at least 4 members (excludes halogenated alkanes) is 7. The fraction of sp³-hybridized carbons (Fsp3) is 0.833. The third-order valence-electron chi connectivity index (χ3n) is 2.72. The van der Waals surface area contributed by atoms with Crippen LogP contribution in [0.3, 0.4) is 0 Å². The molecule has 0 spiro atoms. The molecule has 1 rings (SSSR count). The van der Waals surface area contributed by atoms with Gasteiger partial charge in [-0.2, -0.15) is 0 Å². The fourth-order valence-corrected chi connectivity index (χ4v) is 1.71. The molecule has 0 saturated carbocycles. The summed E-state index contributed by atoms with van der Waals surface area (Å²) in [5.74, 6) is 0.582. The van der Waals surface area contributed by atoms with Crippen molar-refractivity contribution in [2.24, 2.45) is 0 Å². The second-order valence-electron chi connectivity index (χ2n) is 4.12. The molecule has 0 aromatic carbocycles. The molecule has 15 heavy (non-hydrogen) atoms. The van der Waals surface area contributed by atoms with E-state index in [4.69, 9.17) is 5.11 Å². The van der Waals surface area contributed by atoms with Crippen LogP contribution in [0.25, 0.3) is 0 Å². The van der Waals surface area contributed by atoms with Gasteiger partial charge >= 0.3 is 5.95 Å². The van der Waals surface area contributed by atoms with Crippen LogP contribution in [0, 0.1) is 0 Å². The van der Waals surface area contributed by atoms with Gasteiger partial charge in [0, 0.05) is 6.42 Å². The summed E-state index contributed by atoms with van der Waals surface area (Å²) >= 11 is 0. The molecule has 0 unspecified atom stereocenters. The monoisotopic (exact) mass is 214 g/mol. The minimum absolute atomic E-state index is 0.0297. The summed E-state index contributed by atoms with van der Waals surface area (Å²) < 4.78 is 8.93. The van der Waals surface area contributed by atoms with E-state index in [2.05, 4.69) is 16.1 Å². The lowest BCUT2D eigenvalue weighted by molar-refractivity contribution is -0.0533. The van der Waals surface area contributed by atoms with Crippen molar-refractivity contribution in [3.63, 3.8) is 0 Å². The molecule has 0 fully saturated rings. The van der Waals surface area contributed by atoms with Gasteiger partial charge in [0.15, 0.2) is 0 Å². The van der Waals surface area contributed by atoms with E-state index < -0.39 is 0 Å². The Balaban J connectivity index is 1.80. The maximum Gasteiger partial charge on any atom is 0.371 e. The van der Waals surface area contributed by atoms with E-state index in [0.717, 1.165) is 12.8 Å². The zero-order valence-electron chi connectivity index (χ0n) is 9.63. The highest BCUT2D eigenvalue weighted by Crippen LogP contribution is 2.23. The highest BCUT2D eigenvalue weighted by molar-refractivity contribution is 5.07. The second-order valence-corrected chi connectivity index (χ2v) is 4.12. The number of hydrogen-bond donors (Lipinski definition) is 1. The van der Waals surface area contributed by atoms with Gasteiger partial charge in [0.2, 0.25) is 5.76 Å². The van der Waals surface area contributed by atoms with Crippen LogP contribution in [0.2, 0.25) is 0 Å². The summed E-state index contributed by atoms with van der Waals surface area (Å²) in [6, 6.07) is 0. The SMILES string of the molecule is CCCCCCCCCCc1ooc1O. The first-order chi connectivity index (χ1) is 7.34. The molecule has 0 bridgehead atoms. The van der Waals surface area contributed by atoms with Gasteiger partial charge in [-0.15, -0.1) is 0 Å². The lowest BCUT2D eigenvalue weighted by atomic mass is 10.1. The number of aromatic hydroxyl groups is 1. The van der Waals surface area contributed by atoms with Crippen LogP contribution in [0.5, 0.6) is 5.95 Å². The zero-order chi connectivity index (χ0) is 10.9. The third-order valence-corrected chi connectivity index (χ3v) is 2.72. The Morgan fingerprint density at radius 1 is 0.867 bits per heavy atom. The largest absolute Gasteiger partial charge is 0.476 e. The molecule has 1 aromatic rings. The Bertz CT molecular complexity index is 237. The number of rotatable bonds is 9. The summed E-state index contributed by atoms with van der Waals surface area (Å²) in [6.07, 6.45) is 11.1. The van der Waals surface area contributed by atoms with Crippen molar-refractivity contribution in [2.75, 3.05) is 0 Å². The molecule has 0 aliphatic carbocycles. The van der Waals surface area contributed by atoms with Gasteiger partial charge in [-0.3, -0.25) is 4.58 Å². The van der Waals surface area contributed by atoms with Crippen LogP contribution in [0.15, 0.2) is 9.15 Å². The molecule has 0 atom stereocenters. The van der Waals surface area contributed by atoms with Crippen LogP contribution >= 0.6 is 0 Å². The van der Waals surface area contributed by atoms with Crippen LogP contribution in [-0.4, -0.2) is 5.11 Å². The summed E-state index contributed by atoms with van der Waals surface area (Å²) in [6.45, 7) is 2.24. The summed E-state index contributed by atoms with van der Waals surface area (Å²) in [5, 5.41) is 8.94. The van der Waals surface area contributed by atoms with Gasteiger partial charge in [-0.05, 0) is 6.42 Å². The van der Waals surface area contributed by atoms with E-state index in [9.17, 15) is 0 Å². The molecule has 1 aromatic heterocycles. The van der Waals surface area contributed by atoms with Gasteiger partial charge in [0.1, 0.15) is 0 Å². The van der Waals surface area contributed by atoms with E-state index >= 15 is 0 Å². The van der Waals surface area contributed by atoms with Crippen LogP contribution in [0.4, 0.5) is 0 Å². The summed E-state index contributed by atoms with van der Waals surface area (Å²) in [5.41, 5.74) is 0. The molecule has 1 N–H and O–H groups in total. The lowest BCUT2D eigenvalue weighted by Crippen LogP contribution is -1.89. The van der Waals surface area contributed by atoms with Crippen LogP contribution in [-0.2, 0) is 6.42 Å². The second kappa shape index (κ2) is 7.43. The Hall–Kier alpha value is -0.860. The molecule has 0 radical (unpaired) electrons. The highest BCUT2D eigenvalue weighted by Gasteiger charge is 2.11. The van der Waals surface area contributed by atoms with E-state index in [0.29, 0.717) is 5.76 Å². The predicted octanol–water partition coefficient (Wildman–Crippen LogP) is 4.26. The van der Waals surface area contributed by atoms with Gasteiger partial charge in [-0.25, -0.2) is 4.58 Å². The van der Waals surface area contributed by atoms with Gasteiger partial charge in [0.05, 0.1) is 0 Å². The van der Waals surface area contributed by atoms with E-state index in [1.165, 1.54) is 44.9 Å². The normalized spacial score (nSPS) is 11.0. The third kappa shape index (κ3) is 4.96. The Labute approximate surface area is 91.4 Å². The van der Waals surface area contributed by atoms with Crippen molar-refractivity contribution >= 4 is 0 Å². The Kier molecular flexibility index (Phi) is 6.05. The molecular formula is C12H22O3. The first kappa shape index (κ1) is 12.2. The lowest BCUT2D eigenvalue weighted by Gasteiger charge is -2.03. The van der Waals surface area contributed by atoms with Crippen molar-refractivity contribution < 1.29 is 14.3 Å². The van der Waals surface area contributed by atoms with Crippen LogP contribution in [0.1, 0.15) is 64.1 Å². The highest BCUT2D eigenvalue weighted by atomic mass is 17.0. The van der Waals surface area contributed by atoms with Crippen molar-refractivity contribution in [3.8, 4) is 5.95 Å². The van der Waals surface area contributed by atoms with E-state index in [-0.39, 0.29) is 5.95 Å². The Morgan fingerprint density at radius 3 is 1.93 bits per heavy atom. The molecule has 3 nitrogen and oxygen atoms in total. The topological polar surface area (TPSA) is 46.5 Å². The summed E-state index contributed by atoms with van der Waals surface area (Å²) in [7, 11) is 0. The fourth-order valence-electron chi connectivity index (χ4n) is 1.71. The average Bonchev–Trinajstić information content (AvgIpc) is 2.25. The van der Waals surface area contributed by atoms with Crippen molar-refractivity contribution in [1.29, 1.82) is 0 Å². The molecular weight excluding hydrogens is 192 g/mol. The predicted molar refractivity (Wildman–Crippen MR) is 59.0 cm³/mol. The molecule has 88 valence electrons. The van der Waals surface area contributed by atoms with Crippen molar-refractivity contribution in [1.82, 2.24) is 0 Å². The van der Waals surface area contributed by atoms with Gasteiger partial charge in [0.25, 0.3) is 0 Å². The van der Waals surface area contributed by atoms with E-state index in [1.54, 1.807) is 0 Å². The number of aryl methyl sites for hydroxylation is 1. The molecule has 1 heterocycles. The van der Waals surface area contributed by atoms with Gasteiger partial charge < -0.3 is 5.11 Å². The quantitative estimate of drug-likeness (QED) is 0.493. The average molecular weight is 214 g/mol. The minimum Gasteiger partial charge on any atom is -0.476 e. The maximum absolute atomic E-state index is 8.94. The van der Waals surface area contributed by atoms with Crippen LogP contribution < -0.4 is 0 Å². The molecule has 0 aliphatic heterocycles. The van der Waals surface area contributed by atoms with Crippen molar-refractivity contribution in [3.05, 3.63) is 5.76 Å². The van der Waals surface area contributed by atoms with Crippen molar-refractivity contribution in [2.45, 2.75) is 64.7 Å². The molecule has 0 amide bonds. The first-order valence-corrected chi connectivity index (χ1v) is 6.11. The van der Waals surface area contributed by atoms with Gasteiger partial charge in [-0.1, -0.05) is 51.9 Å². The zero-order valence-corrected chi connectivity index (χ0v) is 9.63. The first-order valence-electron chi connectivity index (χ1n) is 6.11. The standard InChI is InChI=1S/C12H22O3/c1-2-3-4-5-6-7-8-9-10-11-12(13)15-14-11/h13H,2-10H2,1H3. The molecule has 0 aliphatic rings.